The first-order valence-corrected chi connectivity index (χ1v) is 5.98. The van der Waals surface area contributed by atoms with Gasteiger partial charge < -0.3 is 10.1 Å². The Bertz CT molecular complexity index is 533. The average molecular weight is 303 g/mol. The molecule has 0 spiro atoms. The Morgan fingerprint density at radius 1 is 1.33 bits per heavy atom. The van der Waals surface area contributed by atoms with Crippen LogP contribution in [-0.4, -0.2) is 24.3 Å². The van der Waals surface area contributed by atoms with Crippen molar-refractivity contribution in [2.75, 3.05) is 11.9 Å². The smallest absolute Gasteiger partial charge is 0.423 e. The number of halogens is 4. The van der Waals surface area contributed by atoms with Crippen LogP contribution in [0.1, 0.15) is 13.3 Å². The van der Waals surface area contributed by atoms with E-state index >= 15 is 0 Å². The number of hydrogen-bond acceptors (Lipinski definition) is 3. The molecule has 0 radical (unpaired) electrons. The lowest BCUT2D eigenvalue weighted by Gasteiger charge is -2.33. The molecule has 0 aliphatic carbocycles. The second kappa shape index (κ2) is 6.48. The second-order valence-corrected chi connectivity index (χ2v) is 4.14. The zero-order valence-corrected chi connectivity index (χ0v) is 11.1. The number of carbonyl (C=O) groups excluding carboxylic acids is 1. The number of ether oxygens (including phenoxy) is 1. The summed E-state index contributed by atoms with van der Waals surface area (Å²) in [5, 5.41) is 2.04. The van der Waals surface area contributed by atoms with Crippen molar-refractivity contribution in [3.63, 3.8) is 0 Å². The number of carbonyl (C=O) groups is 1. The van der Waals surface area contributed by atoms with Crippen molar-refractivity contribution in [1.82, 2.24) is 0 Å². The van der Waals surface area contributed by atoms with Crippen molar-refractivity contribution in [2.45, 2.75) is 25.1 Å². The van der Waals surface area contributed by atoms with Crippen LogP contribution in [0.3, 0.4) is 0 Å². The molecule has 0 aromatic heterocycles. The van der Waals surface area contributed by atoms with Crippen molar-refractivity contribution in [1.29, 1.82) is 0 Å². The number of benzene rings is 1. The van der Waals surface area contributed by atoms with Crippen LogP contribution in [0.2, 0.25) is 0 Å². The Labute approximate surface area is 119 Å². The van der Waals surface area contributed by atoms with Gasteiger partial charge in [0.2, 0.25) is 5.54 Å². The van der Waals surface area contributed by atoms with Gasteiger partial charge in [-0.3, -0.25) is 0 Å². The van der Waals surface area contributed by atoms with Gasteiger partial charge in [0.15, 0.2) is 0 Å². The van der Waals surface area contributed by atoms with Gasteiger partial charge in [-0.1, -0.05) is 0 Å². The number of hydrogen-bond donors (Lipinski definition) is 1. The van der Waals surface area contributed by atoms with E-state index in [0.717, 1.165) is 24.3 Å². The lowest BCUT2D eigenvalue weighted by Crippen LogP contribution is -2.58. The summed E-state index contributed by atoms with van der Waals surface area (Å²) in [6, 6.07) is 4.08. The molecule has 0 saturated carbocycles. The monoisotopic (exact) mass is 303 g/mol. The van der Waals surface area contributed by atoms with E-state index in [1.807, 2.05) is 11.2 Å². The van der Waals surface area contributed by atoms with Crippen LogP contribution in [0.25, 0.3) is 0 Å². The van der Waals surface area contributed by atoms with Crippen molar-refractivity contribution >= 4 is 11.7 Å². The lowest BCUT2D eigenvalue weighted by molar-refractivity contribution is -0.199. The average Bonchev–Trinajstić information content (AvgIpc) is 2.39. The molecule has 0 amide bonds. The first-order chi connectivity index (χ1) is 9.76. The molecule has 21 heavy (non-hydrogen) atoms. The first kappa shape index (κ1) is 16.8. The van der Waals surface area contributed by atoms with Crippen LogP contribution < -0.4 is 5.32 Å². The Balaban J connectivity index is 3.25. The fourth-order valence-corrected chi connectivity index (χ4v) is 1.64. The minimum atomic E-state index is -4.99. The number of alkyl halides is 3. The van der Waals surface area contributed by atoms with Crippen LogP contribution in [-0.2, 0) is 9.53 Å². The summed E-state index contributed by atoms with van der Waals surface area (Å²) in [6.07, 6.45) is -0.973. The minimum absolute atomic E-state index is 0.1000. The van der Waals surface area contributed by atoms with E-state index in [4.69, 9.17) is 6.42 Å². The summed E-state index contributed by atoms with van der Waals surface area (Å²) in [5.74, 6) is -0.318. The molecule has 7 heteroatoms. The topological polar surface area (TPSA) is 38.3 Å². The fourth-order valence-electron chi connectivity index (χ4n) is 1.64. The van der Waals surface area contributed by atoms with Gasteiger partial charge in [0.1, 0.15) is 5.82 Å². The van der Waals surface area contributed by atoms with E-state index < -0.39 is 29.9 Å². The molecule has 114 valence electrons. The Morgan fingerprint density at radius 2 is 1.90 bits per heavy atom. The van der Waals surface area contributed by atoms with E-state index in [-0.39, 0.29) is 12.3 Å². The quantitative estimate of drug-likeness (QED) is 0.516. The third-order valence-corrected chi connectivity index (χ3v) is 2.68. The highest BCUT2D eigenvalue weighted by Crippen LogP contribution is 2.37. The number of nitrogens with one attached hydrogen (secondary N) is 1. The number of esters is 1. The number of rotatable bonds is 5. The molecule has 1 atom stereocenters. The predicted octanol–water partition coefficient (Wildman–Crippen LogP) is 3.13. The maximum Gasteiger partial charge on any atom is 0.423 e. The molecule has 1 aromatic carbocycles. The molecule has 1 rings (SSSR count). The van der Waals surface area contributed by atoms with Crippen molar-refractivity contribution in [3.05, 3.63) is 30.1 Å². The summed E-state index contributed by atoms with van der Waals surface area (Å²) in [5.41, 5.74) is -3.17. The normalized spacial score (nSPS) is 13.9. The third-order valence-electron chi connectivity index (χ3n) is 2.68. The molecule has 1 aromatic rings. The maximum absolute atomic E-state index is 13.4. The summed E-state index contributed by atoms with van der Waals surface area (Å²) in [6.45, 7) is 1.15. The molecule has 0 fully saturated rings. The highest BCUT2D eigenvalue weighted by molar-refractivity contribution is 5.86. The highest BCUT2D eigenvalue weighted by Gasteiger charge is 2.61. The molecular formula is C14H13F4NO2. The molecule has 0 aliphatic heterocycles. The number of anilines is 1. The summed E-state index contributed by atoms with van der Waals surface area (Å²) in [4.78, 5) is 11.8. The van der Waals surface area contributed by atoms with Crippen LogP contribution in [0.15, 0.2) is 24.3 Å². The first-order valence-electron chi connectivity index (χ1n) is 5.98. The van der Waals surface area contributed by atoms with Crippen molar-refractivity contribution in [2.24, 2.45) is 0 Å². The van der Waals surface area contributed by atoms with Gasteiger partial charge in [0, 0.05) is 5.69 Å². The molecule has 0 heterocycles. The van der Waals surface area contributed by atoms with Crippen molar-refractivity contribution in [3.8, 4) is 12.3 Å². The molecule has 0 saturated heterocycles. The Kier molecular flexibility index (Phi) is 5.19. The Morgan fingerprint density at radius 3 is 2.33 bits per heavy atom. The van der Waals surface area contributed by atoms with Gasteiger partial charge in [-0.2, -0.15) is 13.2 Å². The Hall–Kier alpha value is -2.23. The van der Waals surface area contributed by atoms with E-state index in [1.54, 1.807) is 0 Å². The van der Waals surface area contributed by atoms with Crippen LogP contribution >= 0.6 is 0 Å². The van der Waals surface area contributed by atoms with Gasteiger partial charge in [0.25, 0.3) is 0 Å². The lowest BCUT2D eigenvalue weighted by atomic mass is 9.94. The fraction of sp³-hybridized carbons (Fsp3) is 0.357. The van der Waals surface area contributed by atoms with Gasteiger partial charge in [-0.15, -0.1) is 12.3 Å². The molecule has 0 bridgehead atoms. The zero-order valence-electron chi connectivity index (χ0n) is 11.1. The molecule has 1 unspecified atom stereocenters. The molecule has 3 nitrogen and oxygen atoms in total. The highest BCUT2D eigenvalue weighted by atomic mass is 19.4. The van der Waals surface area contributed by atoms with E-state index in [1.165, 1.54) is 6.92 Å². The second-order valence-electron chi connectivity index (χ2n) is 4.14. The summed E-state index contributed by atoms with van der Waals surface area (Å²) in [7, 11) is 0. The van der Waals surface area contributed by atoms with E-state index in [9.17, 15) is 22.4 Å². The standard InChI is InChI=1S/C14H13F4NO2/c1-3-9-13(14(16,17)18,12(20)21-4-2)19-11-7-5-10(15)6-8-11/h1,5-8,19H,4,9H2,2H3. The van der Waals surface area contributed by atoms with Crippen LogP contribution in [0.4, 0.5) is 23.2 Å². The van der Waals surface area contributed by atoms with Crippen LogP contribution in [0, 0.1) is 18.2 Å². The van der Waals surface area contributed by atoms with E-state index in [2.05, 4.69) is 4.74 Å². The van der Waals surface area contributed by atoms with E-state index in [0.29, 0.717) is 0 Å². The SMILES string of the molecule is C#CCC(Nc1ccc(F)cc1)(C(=O)OCC)C(F)(F)F. The molecular weight excluding hydrogens is 290 g/mol. The molecule has 0 aliphatic rings. The minimum Gasteiger partial charge on any atom is -0.464 e. The summed E-state index contributed by atoms with van der Waals surface area (Å²) >= 11 is 0. The van der Waals surface area contributed by atoms with Crippen LogP contribution in [0.5, 0.6) is 0 Å². The number of terminal acetylenes is 1. The van der Waals surface area contributed by atoms with Crippen molar-refractivity contribution < 1.29 is 27.1 Å². The van der Waals surface area contributed by atoms with Gasteiger partial charge in [-0.05, 0) is 31.2 Å². The van der Waals surface area contributed by atoms with Gasteiger partial charge in [-0.25, -0.2) is 9.18 Å². The van der Waals surface area contributed by atoms with Gasteiger partial charge in [0.05, 0.1) is 13.0 Å². The predicted molar refractivity (Wildman–Crippen MR) is 68.9 cm³/mol. The third kappa shape index (κ3) is 3.66. The summed E-state index contributed by atoms with van der Waals surface area (Å²) < 4.78 is 57.4. The molecule has 1 N–H and O–H groups in total. The zero-order chi connectivity index (χ0) is 16.1. The largest absolute Gasteiger partial charge is 0.464 e. The van der Waals surface area contributed by atoms with Gasteiger partial charge >= 0.3 is 12.1 Å². The maximum atomic E-state index is 13.4.